The minimum absolute atomic E-state index is 0.343. The lowest BCUT2D eigenvalue weighted by Crippen LogP contribution is -2.33. The van der Waals surface area contributed by atoms with Gasteiger partial charge in [0.15, 0.2) is 11.5 Å². The number of hydrogen-bond acceptors (Lipinski definition) is 5. The number of benzene rings is 2. The first kappa shape index (κ1) is 20.8. The second-order valence-electron chi connectivity index (χ2n) is 8.65. The minimum atomic E-state index is 0.343. The molecule has 0 aliphatic carbocycles. The van der Waals surface area contributed by atoms with Crippen molar-refractivity contribution in [3.63, 3.8) is 0 Å². The number of aryl methyl sites for hydroxylation is 1. The van der Waals surface area contributed by atoms with Crippen molar-refractivity contribution < 1.29 is 14.2 Å². The summed E-state index contributed by atoms with van der Waals surface area (Å²) < 4.78 is 17.2. The summed E-state index contributed by atoms with van der Waals surface area (Å²) in [5, 5.41) is 0. The average Bonchev–Trinajstić information content (AvgIpc) is 3.33. The van der Waals surface area contributed by atoms with Gasteiger partial charge in [-0.05, 0) is 68.0 Å². The van der Waals surface area contributed by atoms with E-state index in [1.807, 2.05) is 36.5 Å². The van der Waals surface area contributed by atoms with Crippen molar-refractivity contribution >= 4 is 0 Å². The lowest BCUT2D eigenvalue weighted by molar-refractivity contribution is 0.167. The van der Waals surface area contributed by atoms with Gasteiger partial charge in [0.05, 0.1) is 0 Å². The molecule has 2 aliphatic rings. The van der Waals surface area contributed by atoms with Gasteiger partial charge < -0.3 is 14.2 Å². The Bertz CT molecular complexity index is 1020. The summed E-state index contributed by atoms with van der Waals surface area (Å²) in [5.74, 6) is 3.34. The molecule has 0 N–H and O–H groups in total. The van der Waals surface area contributed by atoms with E-state index in [-0.39, 0.29) is 0 Å². The van der Waals surface area contributed by atoms with E-state index in [1.165, 1.54) is 30.4 Å². The first-order valence-electron chi connectivity index (χ1n) is 11.6. The summed E-state index contributed by atoms with van der Waals surface area (Å²) in [4.78, 5) is 7.02. The number of piperidine rings is 1. The molecular formula is C27H30N2O3. The first-order valence-corrected chi connectivity index (χ1v) is 11.6. The smallest absolute Gasteiger partial charge is 0.231 e. The van der Waals surface area contributed by atoms with E-state index in [2.05, 4.69) is 40.2 Å². The van der Waals surface area contributed by atoms with Crippen molar-refractivity contribution in [1.82, 2.24) is 9.88 Å². The van der Waals surface area contributed by atoms with Crippen LogP contribution in [0.1, 0.15) is 36.0 Å². The van der Waals surface area contributed by atoms with Crippen molar-refractivity contribution in [2.75, 3.05) is 19.9 Å². The SMILES string of the molecule is c1ccc(COc2ncccc2CN2CCC(CCc3cccc4c3OCO4)CC2)cc1. The summed E-state index contributed by atoms with van der Waals surface area (Å²) in [5.41, 5.74) is 3.60. The number of nitrogens with zero attached hydrogens (tertiary/aromatic N) is 2. The molecule has 0 amide bonds. The monoisotopic (exact) mass is 430 g/mol. The number of aromatic nitrogens is 1. The molecule has 5 rings (SSSR count). The van der Waals surface area contributed by atoms with Crippen LogP contribution in [0.3, 0.4) is 0 Å². The van der Waals surface area contributed by atoms with Crippen LogP contribution in [-0.2, 0) is 19.6 Å². The highest BCUT2D eigenvalue weighted by Gasteiger charge is 2.22. The van der Waals surface area contributed by atoms with Crippen molar-refractivity contribution in [2.45, 2.75) is 38.8 Å². The first-order chi connectivity index (χ1) is 15.8. The van der Waals surface area contributed by atoms with Crippen LogP contribution in [0.15, 0.2) is 66.9 Å². The molecule has 2 aromatic carbocycles. The molecule has 0 atom stereocenters. The Labute approximate surface area is 190 Å². The predicted octanol–water partition coefficient (Wildman–Crippen LogP) is 5.23. The van der Waals surface area contributed by atoms with Crippen LogP contribution in [0.25, 0.3) is 0 Å². The van der Waals surface area contributed by atoms with Gasteiger partial charge >= 0.3 is 0 Å². The molecule has 0 radical (unpaired) electrons. The maximum Gasteiger partial charge on any atom is 0.231 e. The van der Waals surface area contributed by atoms with Gasteiger partial charge in [0.25, 0.3) is 0 Å². The Morgan fingerprint density at radius 1 is 0.906 bits per heavy atom. The van der Waals surface area contributed by atoms with Crippen LogP contribution >= 0.6 is 0 Å². The number of hydrogen-bond donors (Lipinski definition) is 0. The summed E-state index contributed by atoms with van der Waals surface area (Å²) in [6.45, 7) is 4.01. The Balaban J connectivity index is 1.11. The summed E-state index contributed by atoms with van der Waals surface area (Å²) in [6, 6.07) is 20.6. The molecule has 0 bridgehead atoms. The van der Waals surface area contributed by atoms with Gasteiger partial charge in [-0.25, -0.2) is 4.98 Å². The van der Waals surface area contributed by atoms with Gasteiger partial charge in [-0.1, -0.05) is 48.5 Å². The maximum absolute atomic E-state index is 6.05. The number of para-hydroxylation sites is 1. The zero-order valence-corrected chi connectivity index (χ0v) is 18.4. The largest absolute Gasteiger partial charge is 0.473 e. The Morgan fingerprint density at radius 3 is 2.62 bits per heavy atom. The number of pyridine rings is 1. The fourth-order valence-electron chi connectivity index (χ4n) is 4.62. The highest BCUT2D eigenvalue weighted by atomic mass is 16.7. The molecule has 5 heteroatoms. The Hall–Kier alpha value is -3.05. The van der Waals surface area contributed by atoms with Crippen molar-refractivity contribution in [3.8, 4) is 17.4 Å². The standard InChI is InChI=1S/C27H30N2O3/c1-2-6-22(7-3-1)19-30-27-24(9-5-15-28-27)18-29-16-13-21(14-17-29)11-12-23-8-4-10-25-26(23)32-20-31-25/h1-10,15,21H,11-14,16-20H2. The number of likely N-dealkylation sites (tertiary alicyclic amines) is 1. The lowest BCUT2D eigenvalue weighted by atomic mass is 9.90. The van der Waals surface area contributed by atoms with E-state index in [1.54, 1.807) is 0 Å². The molecule has 32 heavy (non-hydrogen) atoms. The normalized spacial score (nSPS) is 16.2. The van der Waals surface area contributed by atoms with Gasteiger partial charge in [0, 0.05) is 18.3 Å². The van der Waals surface area contributed by atoms with E-state index in [0.717, 1.165) is 54.9 Å². The van der Waals surface area contributed by atoms with E-state index in [4.69, 9.17) is 14.2 Å². The number of ether oxygens (including phenoxy) is 3. The molecule has 1 aromatic heterocycles. The van der Waals surface area contributed by atoms with Crippen LogP contribution in [0.2, 0.25) is 0 Å². The zero-order chi connectivity index (χ0) is 21.6. The topological polar surface area (TPSA) is 43.8 Å². The van der Waals surface area contributed by atoms with Crippen LogP contribution in [0.5, 0.6) is 17.4 Å². The minimum Gasteiger partial charge on any atom is -0.473 e. The molecule has 5 nitrogen and oxygen atoms in total. The molecule has 3 aromatic rings. The molecule has 2 aliphatic heterocycles. The van der Waals surface area contributed by atoms with Gasteiger partial charge in [-0.15, -0.1) is 0 Å². The fourth-order valence-corrected chi connectivity index (χ4v) is 4.62. The molecule has 0 unspecified atom stereocenters. The Morgan fingerprint density at radius 2 is 1.75 bits per heavy atom. The third-order valence-electron chi connectivity index (χ3n) is 6.47. The average molecular weight is 431 g/mol. The van der Waals surface area contributed by atoms with Crippen LogP contribution in [0, 0.1) is 5.92 Å². The molecular weight excluding hydrogens is 400 g/mol. The third-order valence-corrected chi connectivity index (χ3v) is 6.47. The van der Waals surface area contributed by atoms with Crippen molar-refractivity contribution in [3.05, 3.63) is 83.6 Å². The van der Waals surface area contributed by atoms with E-state index in [9.17, 15) is 0 Å². The molecule has 0 spiro atoms. The highest BCUT2D eigenvalue weighted by molar-refractivity contribution is 5.48. The van der Waals surface area contributed by atoms with Crippen molar-refractivity contribution in [1.29, 1.82) is 0 Å². The molecule has 166 valence electrons. The van der Waals surface area contributed by atoms with Gasteiger partial charge in [-0.2, -0.15) is 0 Å². The predicted molar refractivity (Wildman–Crippen MR) is 124 cm³/mol. The maximum atomic E-state index is 6.05. The Kier molecular flexibility index (Phi) is 6.54. The lowest BCUT2D eigenvalue weighted by Gasteiger charge is -2.32. The number of rotatable bonds is 8. The van der Waals surface area contributed by atoms with Gasteiger partial charge in [0.1, 0.15) is 6.61 Å². The van der Waals surface area contributed by atoms with Crippen molar-refractivity contribution in [2.24, 2.45) is 5.92 Å². The van der Waals surface area contributed by atoms with Crippen LogP contribution in [-0.4, -0.2) is 29.8 Å². The van der Waals surface area contributed by atoms with E-state index < -0.39 is 0 Å². The molecule has 3 heterocycles. The second kappa shape index (κ2) is 10.0. The summed E-state index contributed by atoms with van der Waals surface area (Å²) >= 11 is 0. The summed E-state index contributed by atoms with van der Waals surface area (Å²) in [6.07, 6.45) is 6.52. The fraction of sp³-hybridized carbons (Fsp3) is 0.370. The highest BCUT2D eigenvalue weighted by Crippen LogP contribution is 2.37. The summed E-state index contributed by atoms with van der Waals surface area (Å²) in [7, 11) is 0. The van der Waals surface area contributed by atoms with E-state index in [0.29, 0.717) is 13.4 Å². The number of fused-ring (bicyclic) bond motifs is 1. The van der Waals surface area contributed by atoms with Gasteiger partial charge in [0.2, 0.25) is 12.7 Å². The second-order valence-corrected chi connectivity index (χ2v) is 8.65. The molecule has 1 fully saturated rings. The van der Waals surface area contributed by atoms with Crippen LogP contribution in [0.4, 0.5) is 0 Å². The molecule has 0 saturated carbocycles. The van der Waals surface area contributed by atoms with Crippen LogP contribution < -0.4 is 14.2 Å². The zero-order valence-electron chi connectivity index (χ0n) is 18.4. The van der Waals surface area contributed by atoms with E-state index >= 15 is 0 Å². The quantitative estimate of drug-likeness (QED) is 0.489. The molecule has 1 saturated heterocycles. The van der Waals surface area contributed by atoms with Gasteiger partial charge in [-0.3, -0.25) is 4.90 Å². The third kappa shape index (κ3) is 5.05.